The van der Waals surface area contributed by atoms with Crippen LogP contribution in [0.15, 0.2) is 52.0 Å². The number of benzene rings is 1. The third kappa shape index (κ3) is 4.51. The van der Waals surface area contributed by atoms with Gasteiger partial charge in [0.1, 0.15) is 17.1 Å². The van der Waals surface area contributed by atoms with Crippen molar-refractivity contribution in [3.05, 3.63) is 65.4 Å². The predicted molar refractivity (Wildman–Crippen MR) is 112 cm³/mol. The smallest absolute Gasteiger partial charge is 0.191 e. The molecule has 1 unspecified atom stereocenters. The monoisotopic (exact) mass is 380 g/mol. The molecule has 1 atom stereocenters. The summed E-state index contributed by atoms with van der Waals surface area (Å²) in [5.41, 5.74) is 0.628. The van der Waals surface area contributed by atoms with Gasteiger partial charge in [-0.15, -0.1) is 0 Å². The van der Waals surface area contributed by atoms with Crippen molar-refractivity contribution in [1.29, 1.82) is 0 Å². The van der Waals surface area contributed by atoms with Gasteiger partial charge in [-0.25, -0.2) is 4.99 Å². The number of guanidine groups is 1. The SMILES string of the molecule is CCNC(=NCc1nccc2ccccc12)NCC(C)(O)c1cc(C)oc1C. The second kappa shape index (κ2) is 8.44. The number of fused-ring (bicyclic) bond motifs is 1. The second-order valence-electron chi connectivity index (χ2n) is 7.13. The van der Waals surface area contributed by atoms with E-state index >= 15 is 0 Å². The largest absolute Gasteiger partial charge is 0.466 e. The Labute approximate surface area is 165 Å². The number of aliphatic imine (C=N–C) groups is 1. The molecule has 0 saturated carbocycles. The Kier molecular flexibility index (Phi) is 5.99. The molecule has 3 aromatic rings. The number of furan rings is 1. The molecule has 0 spiro atoms. The van der Waals surface area contributed by atoms with E-state index in [2.05, 4.69) is 32.7 Å². The van der Waals surface area contributed by atoms with Crippen molar-refractivity contribution in [3.8, 4) is 0 Å². The number of hydrogen-bond donors (Lipinski definition) is 3. The summed E-state index contributed by atoms with van der Waals surface area (Å²) >= 11 is 0. The second-order valence-corrected chi connectivity index (χ2v) is 7.13. The molecule has 0 radical (unpaired) electrons. The molecule has 0 fully saturated rings. The van der Waals surface area contributed by atoms with Crippen molar-refractivity contribution in [2.75, 3.05) is 13.1 Å². The molecule has 3 N–H and O–H groups in total. The molecule has 0 aliphatic carbocycles. The molecule has 0 aliphatic heterocycles. The van der Waals surface area contributed by atoms with Crippen molar-refractivity contribution < 1.29 is 9.52 Å². The highest BCUT2D eigenvalue weighted by molar-refractivity contribution is 5.85. The van der Waals surface area contributed by atoms with Gasteiger partial charge in [0.2, 0.25) is 0 Å². The molecular formula is C22H28N4O2. The highest BCUT2D eigenvalue weighted by Gasteiger charge is 2.27. The third-order valence-electron chi connectivity index (χ3n) is 4.71. The van der Waals surface area contributed by atoms with E-state index in [0.29, 0.717) is 19.0 Å². The first-order valence-corrected chi connectivity index (χ1v) is 9.55. The van der Waals surface area contributed by atoms with Gasteiger partial charge < -0.3 is 20.2 Å². The fourth-order valence-electron chi connectivity index (χ4n) is 3.32. The van der Waals surface area contributed by atoms with Gasteiger partial charge in [-0.2, -0.15) is 0 Å². The average molecular weight is 380 g/mol. The van der Waals surface area contributed by atoms with Crippen LogP contribution >= 0.6 is 0 Å². The van der Waals surface area contributed by atoms with Crippen LogP contribution in [0.1, 0.15) is 36.6 Å². The topological polar surface area (TPSA) is 82.7 Å². The van der Waals surface area contributed by atoms with Crippen LogP contribution in [0.4, 0.5) is 0 Å². The lowest BCUT2D eigenvalue weighted by atomic mass is 9.96. The summed E-state index contributed by atoms with van der Waals surface area (Å²) in [5.74, 6) is 2.15. The highest BCUT2D eigenvalue weighted by atomic mass is 16.3. The lowest BCUT2D eigenvalue weighted by Gasteiger charge is -2.24. The maximum absolute atomic E-state index is 10.9. The van der Waals surface area contributed by atoms with Gasteiger partial charge in [0.15, 0.2) is 5.96 Å². The minimum Gasteiger partial charge on any atom is -0.466 e. The first-order valence-electron chi connectivity index (χ1n) is 9.55. The van der Waals surface area contributed by atoms with Gasteiger partial charge >= 0.3 is 0 Å². The van der Waals surface area contributed by atoms with Crippen molar-refractivity contribution >= 4 is 16.7 Å². The lowest BCUT2D eigenvalue weighted by Crippen LogP contribution is -2.44. The van der Waals surface area contributed by atoms with Crippen molar-refractivity contribution in [1.82, 2.24) is 15.6 Å². The summed E-state index contributed by atoms with van der Waals surface area (Å²) in [7, 11) is 0. The molecule has 6 heteroatoms. The third-order valence-corrected chi connectivity index (χ3v) is 4.71. The number of nitrogens with one attached hydrogen (secondary N) is 2. The maximum atomic E-state index is 10.9. The van der Waals surface area contributed by atoms with E-state index < -0.39 is 5.60 Å². The van der Waals surface area contributed by atoms with Crippen LogP contribution in [-0.2, 0) is 12.1 Å². The van der Waals surface area contributed by atoms with Crippen LogP contribution in [-0.4, -0.2) is 29.1 Å². The van der Waals surface area contributed by atoms with Crippen LogP contribution in [0.2, 0.25) is 0 Å². The molecule has 0 saturated heterocycles. The van der Waals surface area contributed by atoms with Crippen LogP contribution in [0.5, 0.6) is 0 Å². The van der Waals surface area contributed by atoms with E-state index in [1.807, 2.05) is 51.2 Å². The average Bonchev–Trinajstić information content (AvgIpc) is 3.03. The predicted octanol–water partition coefficient (Wildman–Crippen LogP) is 3.41. The van der Waals surface area contributed by atoms with Gasteiger partial charge in [0.25, 0.3) is 0 Å². The van der Waals surface area contributed by atoms with E-state index in [9.17, 15) is 5.11 Å². The summed E-state index contributed by atoms with van der Waals surface area (Å²) in [5, 5.41) is 19.6. The zero-order chi connectivity index (χ0) is 20.1. The number of pyridine rings is 1. The number of nitrogens with zero attached hydrogens (tertiary/aromatic N) is 2. The molecule has 28 heavy (non-hydrogen) atoms. The van der Waals surface area contributed by atoms with Crippen molar-refractivity contribution in [2.24, 2.45) is 4.99 Å². The minimum atomic E-state index is -1.07. The van der Waals surface area contributed by atoms with Crippen LogP contribution in [0.3, 0.4) is 0 Å². The molecule has 6 nitrogen and oxygen atoms in total. The normalized spacial score (nSPS) is 14.1. The first kappa shape index (κ1) is 19.9. The zero-order valence-corrected chi connectivity index (χ0v) is 16.9. The van der Waals surface area contributed by atoms with E-state index in [-0.39, 0.29) is 0 Å². The summed E-state index contributed by atoms with van der Waals surface area (Å²) in [6, 6.07) is 12.0. The van der Waals surface area contributed by atoms with Crippen molar-refractivity contribution in [3.63, 3.8) is 0 Å². The molecule has 2 aromatic heterocycles. The fraction of sp³-hybridized carbons (Fsp3) is 0.364. The fourth-order valence-corrected chi connectivity index (χ4v) is 3.32. The Morgan fingerprint density at radius 2 is 2.00 bits per heavy atom. The highest BCUT2D eigenvalue weighted by Crippen LogP contribution is 2.26. The number of hydrogen-bond acceptors (Lipinski definition) is 4. The quantitative estimate of drug-likeness (QED) is 0.451. The Morgan fingerprint density at radius 3 is 2.71 bits per heavy atom. The van der Waals surface area contributed by atoms with E-state index in [1.54, 1.807) is 6.92 Å². The van der Waals surface area contributed by atoms with Crippen LogP contribution in [0.25, 0.3) is 10.8 Å². The lowest BCUT2D eigenvalue weighted by molar-refractivity contribution is 0.0601. The summed E-state index contributed by atoms with van der Waals surface area (Å²) in [4.78, 5) is 9.14. The standard InChI is InChI=1S/C22H28N4O2/c1-5-23-21(26-14-22(4,27)19-12-15(2)28-16(19)3)25-13-20-18-9-7-6-8-17(18)10-11-24-20/h6-12,27H,5,13-14H2,1-4H3,(H2,23,25,26). The van der Waals surface area contributed by atoms with Gasteiger partial charge in [-0.1, -0.05) is 24.3 Å². The molecule has 3 rings (SSSR count). The van der Waals surface area contributed by atoms with E-state index in [1.165, 1.54) is 0 Å². The van der Waals surface area contributed by atoms with Gasteiger partial charge in [0, 0.05) is 23.7 Å². The number of aliphatic hydroxyl groups is 1. The van der Waals surface area contributed by atoms with Gasteiger partial charge in [-0.05, 0) is 45.2 Å². The Morgan fingerprint density at radius 1 is 1.21 bits per heavy atom. The Bertz CT molecular complexity index is 970. The van der Waals surface area contributed by atoms with E-state index in [0.717, 1.165) is 40.1 Å². The molecule has 1 aromatic carbocycles. The van der Waals surface area contributed by atoms with E-state index in [4.69, 9.17) is 4.42 Å². The summed E-state index contributed by atoms with van der Waals surface area (Å²) in [6.07, 6.45) is 1.81. The maximum Gasteiger partial charge on any atom is 0.191 e. The summed E-state index contributed by atoms with van der Waals surface area (Å²) in [6.45, 7) is 9.00. The number of aromatic nitrogens is 1. The number of rotatable bonds is 6. The molecule has 2 heterocycles. The Balaban J connectivity index is 1.75. The molecule has 148 valence electrons. The van der Waals surface area contributed by atoms with Crippen molar-refractivity contribution in [2.45, 2.75) is 39.8 Å². The first-order chi connectivity index (χ1) is 13.4. The van der Waals surface area contributed by atoms with Crippen LogP contribution in [0, 0.1) is 13.8 Å². The molecule has 0 aliphatic rings. The molecule has 0 bridgehead atoms. The summed E-state index contributed by atoms with van der Waals surface area (Å²) < 4.78 is 5.56. The number of aryl methyl sites for hydroxylation is 2. The minimum absolute atomic E-state index is 0.307. The van der Waals surface area contributed by atoms with Gasteiger partial charge in [-0.3, -0.25) is 4.98 Å². The molecule has 0 amide bonds. The molecular weight excluding hydrogens is 352 g/mol. The van der Waals surface area contributed by atoms with Crippen LogP contribution < -0.4 is 10.6 Å². The Hall–Kier alpha value is -2.86. The van der Waals surface area contributed by atoms with Gasteiger partial charge in [0.05, 0.1) is 18.8 Å². The zero-order valence-electron chi connectivity index (χ0n) is 16.9.